The smallest absolute Gasteiger partial charge is 0.130 e. The molecule has 2 rings (SSSR count). The lowest BCUT2D eigenvalue weighted by Crippen LogP contribution is -2.19. The average molecular weight is 199 g/mol. The van der Waals surface area contributed by atoms with E-state index in [0.29, 0.717) is 12.2 Å². The van der Waals surface area contributed by atoms with Crippen LogP contribution in [0.25, 0.3) is 0 Å². The summed E-state index contributed by atoms with van der Waals surface area (Å²) in [6.45, 7) is 2.99. The summed E-state index contributed by atoms with van der Waals surface area (Å²) in [7, 11) is 0. The van der Waals surface area contributed by atoms with Crippen molar-refractivity contribution in [2.75, 3.05) is 11.9 Å². The van der Waals surface area contributed by atoms with E-state index >= 15 is 0 Å². The Labute approximate surface area is 81.5 Å². The highest BCUT2D eigenvalue weighted by Gasteiger charge is 2.21. The van der Waals surface area contributed by atoms with Crippen molar-refractivity contribution < 1.29 is 4.74 Å². The second kappa shape index (κ2) is 4.02. The van der Waals surface area contributed by atoms with Gasteiger partial charge in [0.2, 0.25) is 0 Å². The van der Waals surface area contributed by atoms with Crippen LogP contribution < -0.4 is 5.32 Å². The Morgan fingerprint density at radius 2 is 2.62 bits per heavy atom. The lowest BCUT2D eigenvalue weighted by molar-refractivity contribution is 0.0637. The molecule has 2 atom stereocenters. The summed E-state index contributed by atoms with van der Waals surface area (Å²) < 4.78 is 9.43. The van der Waals surface area contributed by atoms with Crippen LogP contribution in [0.2, 0.25) is 0 Å². The summed E-state index contributed by atoms with van der Waals surface area (Å²) in [6, 6.07) is 0. The van der Waals surface area contributed by atoms with Crippen molar-refractivity contribution in [1.82, 2.24) is 9.59 Å². The molecule has 1 aromatic heterocycles. The van der Waals surface area contributed by atoms with Crippen LogP contribution in [0.15, 0.2) is 6.20 Å². The Morgan fingerprint density at radius 1 is 1.69 bits per heavy atom. The van der Waals surface area contributed by atoms with E-state index in [0.717, 1.165) is 18.0 Å². The average Bonchev–Trinajstić information content (AvgIpc) is 2.71. The Kier molecular flexibility index (Phi) is 2.75. The Morgan fingerprint density at radius 3 is 3.23 bits per heavy atom. The van der Waals surface area contributed by atoms with Gasteiger partial charge in [0.1, 0.15) is 5.00 Å². The molecule has 0 aromatic carbocycles. The highest BCUT2D eigenvalue weighted by Crippen LogP contribution is 2.19. The molecule has 2 heterocycles. The van der Waals surface area contributed by atoms with Crippen LogP contribution in [-0.2, 0) is 4.74 Å². The minimum absolute atomic E-state index is 0.358. The molecule has 0 spiro atoms. The van der Waals surface area contributed by atoms with Gasteiger partial charge in [0.15, 0.2) is 0 Å². The van der Waals surface area contributed by atoms with Crippen LogP contribution >= 0.6 is 11.5 Å². The van der Waals surface area contributed by atoms with Gasteiger partial charge in [-0.05, 0) is 19.8 Å². The summed E-state index contributed by atoms with van der Waals surface area (Å²) in [4.78, 5) is 0. The summed E-state index contributed by atoms with van der Waals surface area (Å²) in [5, 5.41) is 8.02. The molecule has 72 valence electrons. The maximum Gasteiger partial charge on any atom is 0.130 e. The van der Waals surface area contributed by atoms with E-state index in [1.807, 2.05) is 0 Å². The molecule has 1 aliphatic heterocycles. The number of rotatable bonds is 3. The number of hydrogen-bond donors (Lipinski definition) is 1. The number of nitrogens with one attached hydrogen (secondary N) is 1. The molecular formula is C8H13N3OS. The Hall–Kier alpha value is -0.680. The first-order valence-electron chi connectivity index (χ1n) is 4.51. The van der Waals surface area contributed by atoms with E-state index in [4.69, 9.17) is 4.74 Å². The fourth-order valence-electron chi connectivity index (χ4n) is 1.49. The highest BCUT2D eigenvalue weighted by atomic mass is 32.1. The standard InChI is InChI=1S/C8H13N3OS/c1-6-2-3-7(12-6)4-9-8-5-10-11-13-8/h5-7,9H,2-4H2,1H3. The first kappa shape index (κ1) is 8.90. The Bertz CT molecular complexity index is 252. The van der Waals surface area contributed by atoms with E-state index in [-0.39, 0.29) is 0 Å². The summed E-state index contributed by atoms with van der Waals surface area (Å²) >= 11 is 1.38. The van der Waals surface area contributed by atoms with Crippen molar-refractivity contribution in [3.05, 3.63) is 6.20 Å². The lowest BCUT2D eigenvalue weighted by atomic mass is 10.2. The second-order valence-electron chi connectivity index (χ2n) is 3.31. The molecule has 2 unspecified atom stereocenters. The van der Waals surface area contributed by atoms with Crippen molar-refractivity contribution in [1.29, 1.82) is 0 Å². The topological polar surface area (TPSA) is 47.0 Å². The van der Waals surface area contributed by atoms with Crippen molar-refractivity contribution in [3.8, 4) is 0 Å². The van der Waals surface area contributed by atoms with Gasteiger partial charge in [-0.25, -0.2) is 0 Å². The quantitative estimate of drug-likeness (QED) is 0.801. The maximum atomic E-state index is 5.66. The molecule has 0 saturated carbocycles. The fraction of sp³-hybridized carbons (Fsp3) is 0.750. The molecule has 1 aliphatic rings. The zero-order valence-electron chi connectivity index (χ0n) is 7.56. The molecule has 4 nitrogen and oxygen atoms in total. The molecule has 1 N–H and O–H groups in total. The second-order valence-corrected chi connectivity index (χ2v) is 4.09. The molecule has 0 radical (unpaired) electrons. The minimum atomic E-state index is 0.358. The van der Waals surface area contributed by atoms with Gasteiger partial charge < -0.3 is 10.1 Å². The first-order valence-corrected chi connectivity index (χ1v) is 5.28. The van der Waals surface area contributed by atoms with Gasteiger partial charge in [-0.15, -0.1) is 5.10 Å². The number of nitrogens with zero attached hydrogens (tertiary/aromatic N) is 2. The number of hydrogen-bond acceptors (Lipinski definition) is 5. The normalized spacial score (nSPS) is 27.8. The minimum Gasteiger partial charge on any atom is -0.373 e. The third kappa shape index (κ3) is 2.38. The first-order chi connectivity index (χ1) is 6.34. The summed E-state index contributed by atoms with van der Waals surface area (Å²) in [5.41, 5.74) is 0. The van der Waals surface area contributed by atoms with Crippen molar-refractivity contribution in [2.24, 2.45) is 0 Å². The van der Waals surface area contributed by atoms with E-state index in [1.165, 1.54) is 18.0 Å². The predicted molar refractivity (Wildman–Crippen MR) is 52.0 cm³/mol. The number of anilines is 1. The molecular weight excluding hydrogens is 186 g/mol. The summed E-state index contributed by atoms with van der Waals surface area (Å²) in [6.07, 6.45) is 4.85. The molecule has 1 aromatic rings. The van der Waals surface area contributed by atoms with Crippen LogP contribution in [-0.4, -0.2) is 28.3 Å². The molecule has 1 saturated heterocycles. The maximum absolute atomic E-state index is 5.66. The van der Waals surface area contributed by atoms with E-state index in [9.17, 15) is 0 Å². The third-order valence-corrected chi connectivity index (χ3v) is 2.81. The van der Waals surface area contributed by atoms with Crippen LogP contribution in [0, 0.1) is 0 Å². The van der Waals surface area contributed by atoms with Crippen LogP contribution in [0.4, 0.5) is 5.00 Å². The van der Waals surface area contributed by atoms with E-state index in [2.05, 4.69) is 21.8 Å². The van der Waals surface area contributed by atoms with Gasteiger partial charge in [0.25, 0.3) is 0 Å². The third-order valence-electron chi connectivity index (χ3n) is 2.19. The van der Waals surface area contributed by atoms with E-state index in [1.54, 1.807) is 6.20 Å². The number of ether oxygens (including phenoxy) is 1. The predicted octanol–water partition coefficient (Wildman–Crippen LogP) is 1.52. The Balaban J connectivity index is 1.74. The van der Waals surface area contributed by atoms with Gasteiger partial charge >= 0.3 is 0 Å². The molecule has 0 amide bonds. The van der Waals surface area contributed by atoms with Crippen LogP contribution in [0.5, 0.6) is 0 Å². The van der Waals surface area contributed by atoms with Gasteiger partial charge in [0.05, 0.1) is 18.4 Å². The van der Waals surface area contributed by atoms with Crippen molar-refractivity contribution in [3.63, 3.8) is 0 Å². The van der Waals surface area contributed by atoms with Crippen LogP contribution in [0.1, 0.15) is 19.8 Å². The largest absolute Gasteiger partial charge is 0.373 e. The zero-order chi connectivity index (χ0) is 9.10. The monoisotopic (exact) mass is 199 g/mol. The zero-order valence-corrected chi connectivity index (χ0v) is 8.38. The SMILES string of the molecule is CC1CCC(CNc2cnns2)O1. The molecule has 0 aliphatic carbocycles. The molecule has 1 fully saturated rings. The van der Waals surface area contributed by atoms with Gasteiger partial charge in [-0.1, -0.05) is 4.49 Å². The lowest BCUT2D eigenvalue weighted by Gasteiger charge is -2.10. The molecule has 13 heavy (non-hydrogen) atoms. The van der Waals surface area contributed by atoms with Crippen LogP contribution in [0.3, 0.4) is 0 Å². The van der Waals surface area contributed by atoms with Crippen molar-refractivity contribution in [2.45, 2.75) is 32.0 Å². The van der Waals surface area contributed by atoms with Crippen molar-refractivity contribution >= 4 is 16.5 Å². The van der Waals surface area contributed by atoms with Gasteiger partial charge in [-0.3, -0.25) is 0 Å². The summed E-state index contributed by atoms with van der Waals surface area (Å²) in [5.74, 6) is 0. The molecule has 5 heteroatoms. The highest BCUT2D eigenvalue weighted by molar-refractivity contribution is 7.09. The number of aromatic nitrogens is 2. The van der Waals surface area contributed by atoms with Gasteiger partial charge in [-0.2, -0.15) is 0 Å². The van der Waals surface area contributed by atoms with E-state index < -0.39 is 0 Å². The van der Waals surface area contributed by atoms with Gasteiger partial charge in [0, 0.05) is 18.1 Å². The molecule has 0 bridgehead atoms. The fourth-order valence-corrected chi connectivity index (χ4v) is 1.92.